The molecule has 0 aliphatic carbocycles. The molecule has 0 N–H and O–H groups in total. The number of hydrogen-bond acceptors (Lipinski definition) is 3. The highest BCUT2D eigenvalue weighted by Crippen LogP contribution is 2.50. The fraction of sp³-hybridized carbons (Fsp3) is 0.897. The van der Waals surface area contributed by atoms with E-state index >= 15 is 0 Å². The average molecular weight is 623 g/mol. The van der Waals surface area contributed by atoms with Gasteiger partial charge in [0.1, 0.15) is 0 Å². The summed E-state index contributed by atoms with van der Waals surface area (Å²) in [6.45, 7) is 43.4. The van der Waals surface area contributed by atoms with Crippen molar-refractivity contribution in [2.45, 2.75) is 168 Å². The van der Waals surface area contributed by atoms with Gasteiger partial charge in [0.25, 0.3) is 0 Å². The summed E-state index contributed by atoms with van der Waals surface area (Å²) in [4.78, 5) is 1.52. The van der Waals surface area contributed by atoms with Crippen molar-refractivity contribution in [2.24, 2.45) is 44.3 Å². The van der Waals surface area contributed by atoms with Crippen LogP contribution in [0.2, 0.25) is 0 Å². The van der Waals surface area contributed by atoms with E-state index in [9.17, 15) is 0 Å². The van der Waals surface area contributed by atoms with E-state index in [1.54, 1.807) is 0 Å². The second-order valence-electron chi connectivity index (χ2n) is 19.7. The van der Waals surface area contributed by atoms with Gasteiger partial charge in [-0.25, -0.2) is 0 Å². The maximum Gasteiger partial charge on any atom is 0.0614 e. The molecule has 0 aromatic carbocycles. The van der Waals surface area contributed by atoms with Gasteiger partial charge in [-0.1, -0.05) is 131 Å². The van der Waals surface area contributed by atoms with Gasteiger partial charge in [-0.3, -0.25) is 0 Å². The van der Waals surface area contributed by atoms with Crippen molar-refractivity contribution in [3.8, 4) is 0 Å². The highest BCUT2D eigenvalue weighted by atomic mass is 32.2. The second-order valence-corrected chi connectivity index (χ2v) is 22.0. The van der Waals surface area contributed by atoms with Crippen LogP contribution in [0.5, 0.6) is 0 Å². The Morgan fingerprint density at radius 2 is 1.10 bits per heavy atom. The summed E-state index contributed by atoms with van der Waals surface area (Å²) >= 11 is 4.09. The summed E-state index contributed by atoms with van der Waals surface area (Å²) < 4.78 is 5.87. The summed E-state index contributed by atoms with van der Waals surface area (Å²) in [5, 5.41) is 3.08. The van der Waals surface area contributed by atoms with E-state index in [4.69, 9.17) is 4.74 Å². The molecule has 2 aliphatic heterocycles. The number of ether oxygens (including phenoxy) is 1. The molecule has 3 heteroatoms. The molecule has 0 radical (unpaired) electrons. The lowest BCUT2D eigenvalue weighted by molar-refractivity contribution is -0.0398. The van der Waals surface area contributed by atoms with Crippen LogP contribution in [0.3, 0.4) is 0 Å². The molecular weight excluding hydrogens is 549 g/mol. The Bertz CT molecular complexity index is 774. The molecule has 2 atom stereocenters. The number of thioether (sulfide) groups is 1. The minimum Gasteiger partial charge on any atom is -0.378 e. The smallest absolute Gasteiger partial charge is 0.0614 e. The second kappa shape index (κ2) is 15.1. The maximum atomic E-state index is 5.87. The third kappa shape index (κ3) is 12.8. The van der Waals surface area contributed by atoms with Crippen LogP contribution in [0.15, 0.2) is 17.5 Å². The first-order chi connectivity index (χ1) is 18.7. The number of thiophene rings is 1. The zero-order valence-corrected chi connectivity index (χ0v) is 33.2. The Morgan fingerprint density at radius 3 is 1.38 bits per heavy atom. The summed E-state index contributed by atoms with van der Waals surface area (Å²) in [7, 11) is 0. The summed E-state index contributed by atoms with van der Waals surface area (Å²) in [5.74, 6) is 3.50. The molecule has 2 fully saturated rings. The topological polar surface area (TPSA) is 9.23 Å². The SMILES string of the molecule is CC(C)(C)C(C1CCCO1)C(C)(C)C.CC(C)(C)C(C1CCCS1)C(C)(C)C.CC(C)(C)C(c1cccs1)C(C)(C)C. The van der Waals surface area contributed by atoms with E-state index in [1.807, 2.05) is 11.3 Å². The van der Waals surface area contributed by atoms with Gasteiger partial charge in [-0.15, -0.1) is 11.3 Å². The summed E-state index contributed by atoms with van der Waals surface area (Å²) in [6, 6.07) is 4.43. The van der Waals surface area contributed by atoms with Gasteiger partial charge in [0.2, 0.25) is 0 Å². The molecule has 3 rings (SSSR count). The monoisotopic (exact) mass is 623 g/mol. The van der Waals surface area contributed by atoms with Crippen LogP contribution in [-0.4, -0.2) is 23.7 Å². The lowest BCUT2D eigenvalue weighted by Crippen LogP contribution is -2.41. The highest BCUT2D eigenvalue weighted by Gasteiger charge is 2.43. The van der Waals surface area contributed by atoms with Crippen molar-refractivity contribution in [2.75, 3.05) is 12.4 Å². The van der Waals surface area contributed by atoms with E-state index in [-0.39, 0.29) is 0 Å². The summed E-state index contributed by atoms with van der Waals surface area (Å²) in [5.41, 5.74) is 2.24. The first-order valence-corrected chi connectivity index (χ1v) is 18.9. The van der Waals surface area contributed by atoms with Gasteiger partial charge < -0.3 is 4.74 Å². The van der Waals surface area contributed by atoms with Crippen molar-refractivity contribution >= 4 is 23.1 Å². The van der Waals surface area contributed by atoms with Crippen molar-refractivity contribution in [3.05, 3.63) is 22.4 Å². The lowest BCUT2D eigenvalue weighted by Gasteiger charge is -2.44. The first kappa shape index (κ1) is 40.0. The molecule has 2 unspecified atom stereocenters. The molecular formula is C39H74OS2. The van der Waals surface area contributed by atoms with Gasteiger partial charge in [0.15, 0.2) is 0 Å². The molecule has 1 nitrogen and oxygen atoms in total. The predicted molar refractivity (Wildman–Crippen MR) is 195 cm³/mol. The van der Waals surface area contributed by atoms with Gasteiger partial charge in [-0.05, 0) is 87.2 Å². The molecule has 248 valence electrons. The molecule has 0 amide bonds. The normalized spacial score (nSPS) is 21.0. The van der Waals surface area contributed by atoms with Crippen LogP contribution in [-0.2, 0) is 4.74 Å². The van der Waals surface area contributed by atoms with Crippen LogP contribution in [0, 0.1) is 44.3 Å². The Kier molecular flexibility index (Phi) is 14.4. The van der Waals surface area contributed by atoms with Crippen molar-refractivity contribution in [1.82, 2.24) is 0 Å². The molecule has 3 heterocycles. The first-order valence-electron chi connectivity index (χ1n) is 16.9. The van der Waals surface area contributed by atoms with Gasteiger partial charge in [0.05, 0.1) is 6.10 Å². The minimum atomic E-state index is 0.336. The molecule has 42 heavy (non-hydrogen) atoms. The van der Waals surface area contributed by atoms with Gasteiger partial charge in [0, 0.05) is 22.7 Å². The van der Waals surface area contributed by atoms with Crippen LogP contribution >= 0.6 is 23.1 Å². The Morgan fingerprint density at radius 1 is 0.619 bits per heavy atom. The molecule has 0 bridgehead atoms. The minimum absolute atomic E-state index is 0.336. The van der Waals surface area contributed by atoms with E-state index in [1.165, 1.54) is 36.3 Å². The third-order valence-electron chi connectivity index (χ3n) is 8.97. The van der Waals surface area contributed by atoms with Crippen LogP contribution in [0.4, 0.5) is 0 Å². The molecule has 2 aliphatic rings. The van der Waals surface area contributed by atoms with Crippen LogP contribution in [0.25, 0.3) is 0 Å². The largest absolute Gasteiger partial charge is 0.378 e. The number of hydrogen-bond donors (Lipinski definition) is 0. The van der Waals surface area contributed by atoms with E-state index < -0.39 is 0 Å². The zero-order valence-electron chi connectivity index (χ0n) is 31.6. The zero-order chi connectivity index (χ0) is 32.9. The van der Waals surface area contributed by atoms with E-state index in [0.29, 0.717) is 50.4 Å². The van der Waals surface area contributed by atoms with Gasteiger partial charge >= 0.3 is 0 Å². The number of rotatable bonds is 3. The average Bonchev–Trinajstić information content (AvgIpc) is 3.46. The quantitative estimate of drug-likeness (QED) is 0.332. The fourth-order valence-electron chi connectivity index (χ4n) is 9.17. The molecule has 0 spiro atoms. The van der Waals surface area contributed by atoms with E-state index in [0.717, 1.165) is 17.8 Å². The molecule has 1 aromatic heterocycles. The molecule has 0 saturated carbocycles. The Hall–Kier alpha value is 0.01000. The van der Waals surface area contributed by atoms with Crippen molar-refractivity contribution in [3.63, 3.8) is 0 Å². The Labute approximate surface area is 273 Å². The summed E-state index contributed by atoms with van der Waals surface area (Å²) in [6.07, 6.45) is 5.84. The molecule has 1 aromatic rings. The third-order valence-corrected chi connectivity index (χ3v) is 11.4. The van der Waals surface area contributed by atoms with Gasteiger partial charge in [-0.2, -0.15) is 11.8 Å². The highest BCUT2D eigenvalue weighted by molar-refractivity contribution is 8.00. The fourth-order valence-corrected chi connectivity index (χ4v) is 12.5. The lowest BCUT2D eigenvalue weighted by atomic mass is 9.63. The van der Waals surface area contributed by atoms with E-state index in [2.05, 4.69) is 154 Å². The standard InChI is InChI=1S/C13H26O.C13H26S.C13H22S/c3*1-12(2,3)11(13(4,5)6)10-8-7-9-14-10/h2*10-11H,7-9H2,1-6H3;7-9,11H,1-6H3. The van der Waals surface area contributed by atoms with Crippen molar-refractivity contribution < 1.29 is 4.74 Å². The Balaban J connectivity index is 0.000000315. The van der Waals surface area contributed by atoms with Crippen LogP contribution < -0.4 is 0 Å². The predicted octanol–water partition coefficient (Wildman–Crippen LogP) is 13.4. The van der Waals surface area contributed by atoms with Crippen molar-refractivity contribution in [1.29, 1.82) is 0 Å². The van der Waals surface area contributed by atoms with Crippen LogP contribution in [0.1, 0.15) is 161 Å². The maximum absolute atomic E-state index is 5.87. The molecule has 2 saturated heterocycles.